The Bertz CT molecular complexity index is 184. The number of nitrogens with one attached hydrogen (secondary N) is 1. The molecule has 0 aliphatic heterocycles. The van der Waals surface area contributed by atoms with Crippen molar-refractivity contribution >= 4 is 11.9 Å². The van der Waals surface area contributed by atoms with Crippen LogP contribution >= 0.6 is 0 Å². The molecule has 0 radical (unpaired) electrons. The number of rotatable bonds is 3. The molecule has 0 aliphatic carbocycles. The van der Waals surface area contributed by atoms with Crippen molar-refractivity contribution in [3.8, 4) is 0 Å². The third-order valence-electron chi connectivity index (χ3n) is 1.56. The molecule has 1 amide bonds. The first-order valence-corrected chi connectivity index (χ1v) is 4.84. The second kappa shape index (κ2) is 8.53. The second-order valence-electron chi connectivity index (χ2n) is 2.97. The van der Waals surface area contributed by atoms with Crippen LogP contribution in [0.5, 0.6) is 0 Å². The molecule has 0 heterocycles. The van der Waals surface area contributed by atoms with Crippen LogP contribution in [-0.4, -0.2) is 25.0 Å². The van der Waals surface area contributed by atoms with Crippen molar-refractivity contribution < 1.29 is 15.8 Å². The van der Waals surface area contributed by atoms with Gasteiger partial charge in [0.1, 0.15) is 0 Å². The van der Waals surface area contributed by atoms with E-state index in [0.717, 1.165) is 0 Å². The van der Waals surface area contributed by atoms with Crippen LogP contribution in [0.4, 0.5) is 4.79 Å². The molecule has 0 bridgehead atoms. The summed E-state index contributed by atoms with van der Waals surface area (Å²) in [6, 6.07) is -0.447. The number of Topliss-reactive ketones (excluding diaryl/α,β-unsaturated/α-hetero) is 1. The van der Waals surface area contributed by atoms with Crippen LogP contribution < -0.4 is 5.32 Å². The summed E-state index contributed by atoms with van der Waals surface area (Å²) in [5, 5.41) is 2.45. The summed E-state index contributed by atoms with van der Waals surface area (Å²) in [5.41, 5.74) is 0. The van der Waals surface area contributed by atoms with Crippen LogP contribution in [0, 0.1) is 5.92 Å². The summed E-state index contributed by atoms with van der Waals surface area (Å²) in [7, 11) is 1.27. The highest BCUT2D eigenvalue weighted by molar-refractivity contribution is 5.85. The highest BCUT2D eigenvalue weighted by atomic mass is 16.5. The van der Waals surface area contributed by atoms with Gasteiger partial charge in [-0.3, -0.25) is 4.79 Å². The maximum atomic E-state index is 11.0. The van der Waals surface area contributed by atoms with E-state index in [4.69, 9.17) is 0 Å². The van der Waals surface area contributed by atoms with Gasteiger partial charge in [0.2, 0.25) is 0 Å². The summed E-state index contributed by atoms with van der Waals surface area (Å²) in [4.78, 5) is 21.7. The highest BCUT2D eigenvalue weighted by Gasteiger charge is 2.20. The standard InChI is InChI=1S/C8H15NO3.C2H6.H2/c1-5(2)7(6(3)10)9-8(11)12-4;1-2;/h5,7H,1-4H3,(H,9,11);1-2H3;1H/t7-;;/m0../s1. The quantitative estimate of drug-likeness (QED) is 0.768. The van der Waals surface area contributed by atoms with E-state index in [9.17, 15) is 9.59 Å². The second-order valence-corrected chi connectivity index (χ2v) is 2.97. The normalized spacial score (nSPS) is 11.1. The molecule has 4 nitrogen and oxygen atoms in total. The largest absolute Gasteiger partial charge is 0.453 e. The van der Waals surface area contributed by atoms with Gasteiger partial charge >= 0.3 is 6.09 Å². The van der Waals surface area contributed by atoms with Crippen molar-refractivity contribution in [2.45, 2.75) is 40.7 Å². The zero-order valence-electron chi connectivity index (χ0n) is 9.88. The fourth-order valence-corrected chi connectivity index (χ4v) is 0.924. The van der Waals surface area contributed by atoms with Gasteiger partial charge in [0, 0.05) is 1.43 Å². The average molecular weight is 205 g/mol. The van der Waals surface area contributed by atoms with Gasteiger partial charge in [-0.05, 0) is 12.8 Å². The molecule has 0 saturated heterocycles. The monoisotopic (exact) mass is 205 g/mol. The topological polar surface area (TPSA) is 55.4 Å². The van der Waals surface area contributed by atoms with Gasteiger partial charge in [0.15, 0.2) is 5.78 Å². The lowest BCUT2D eigenvalue weighted by atomic mass is 10.0. The number of methoxy groups -OCH3 is 1. The number of amides is 1. The summed E-state index contributed by atoms with van der Waals surface area (Å²) in [6.07, 6.45) is -0.566. The zero-order valence-corrected chi connectivity index (χ0v) is 9.88. The Kier molecular flexibility index (Phi) is 9.40. The van der Waals surface area contributed by atoms with E-state index in [-0.39, 0.29) is 13.1 Å². The van der Waals surface area contributed by atoms with Gasteiger partial charge in [0.25, 0.3) is 0 Å². The molecular weight excluding hydrogens is 182 g/mol. The van der Waals surface area contributed by atoms with Gasteiger partial charge in [-0.1, -0.05) is 27.7 Å². The predicted octanol–water partition coefficient (Wildman–Crippen LogP) is 2.23. The molecule has 0 rings (SSSR count). The lowest BCUT2D eigenvalue weighted by Gasteiger charge is -2.18. The Hall–Kier alpha value is -1.06. The maximum absolute atomic E-state index is 11.0. The van der Waals surface area contributed by atoms with Crippen LogP contribution in [0.1, 0.15) is 36.0 Å². The van der Waals surface area contributed by atoms with Crippen LogP contribution in [0.3, 0.4) is 0 Å². The van der Waals surface area contributed by atoms with Crippen LogP contribution in [0.2, 0.25) is 0 Å². The van der Waals surface area contributed by atoms with Crippen molar-refractivity contribution in [2.75, 3.05) is 7.11 Å². The number of hydrogen-bond acceptors (Lipinski definition) is 3. The van der Waals surface area contributed by atoms with Crippen LogP contribution in [0.25, 0.3) is 0 Å². The smallest absolute Gasteiger partial charge is 0.407 e. The number of carbonyl (C=O) groups is 2. The first-order valence-electron chi connectivity index (χ1n) is 4.84. The average Bonchev–Trinajstić information content (AvgIpc) is 2.15. The highest BCUT2D eigenvalue weighted by Crippen LogP contribution is 2.02. The molecule has 1 N–H and O–H groups in total. The number of carbonyl (C=O) groups excluding carboxylic acids is 2. The van der Waals surface area contributed by atoms with Crippen molar-refractivity contribution in [1.82, 2.24) is 5.32 Å². The van der Waals surface area contributed by atoms with E-state index >= 15 is 0 Å². The minimum Gasteiger partial charge on any atom is -0.453 e. The lowest BCUT2D eigenvalue weighted by molar-refractivity contribution is -0.119. The van der Waals surface area contributed by atoms with E-state index in [1.807, 2.05) is 27.7 Å². The molecule has 1 atom stereocenters. The Morgan fingerprint density at radius 3 is 1.93 bits per heavy atom. The van der Waals surface area contributed by atoms with Gasteiger partial charge in [0.05, 0.1) is 13.2 Å². The third-order valence-corrected chi connectivity index (χ3v) is 1.56. The summed E-state index contributed by atoms with van der Waals surface area (Å²) in [5.74, 6) is 0.0250. The van der Waals surface area contributed by atoms with E-state index in [0.29, 0.717) is 0 Å². The van der Waals surface area contributed by atoms with Crippen LogP contribution in [-0.2, 0) is 9.53 Å². The van der Waals surface area contributed by atoms with E-state index in [2.05, 4.69) is 10.1 Å². The molecule has 0 aromatic carbocycles. The minimum absolute atomic E-state index is 0. The van der Waals surface area contributed by atoms with Gasteiger partial charge < -0.3 is 10.1 Å². The number of hydrogen-bond donors (Lipinski definition) is 1. The number of ether oxygens (including phenoxy) is 1. The van der Waals surface area contributed by atoms with Gasteiger partial charge in [-0.15, -0.1) is 0 Å². The maximum Gasteiger partial charge on any atom is 0.407 e. The van der Waals surface area contributed by atoms with Crippen molar-refractivity contribution in [2.24, 2.45) is 5.92 Å². The van der Waals surface area contributed by atoms with E-state index < -0.39 is 12.1 Å². The van der Waals surface area contributed by atoms with Crippen LogP contribution in [0.15, 0.2) is 0 Å². The molecule has 0 aromatic rings. The Labute approximate surface area is 87.5 Å². The molecule has 0 fully saturated rings. The van der Waals surface area contributed by atoms with Crippen molar-refractivity contribution in [3.63, 3.8) is 0 Å². The van der Waals surface area contributed by atoms with Gasteiger partial charge in [-0.2, -0.15) is 0 Å². The summed E-state index contributed by atoms with van der Waals surface area (Å²) >= 11 is 0. The van der Waals surface area contributed by atoms with E-state index in [1.54, 1.807) is 0 Å². The van der Waals surface area contributed by atoms with Gasteiger partial charge in [-0.25, -0.2) is 4.79 Å². The first kappa shape index (κ1) is 15.4. The SMILES string of the molecule is CC.COC(=O)N[C@H](C(C)=O)C(C)C.[HH]. The lowest BCUT2D eigenvalue weighted by Crippen LogP contribution is -2.43. The Balaban J connectivity index is -0.000000449. The fraction of sp³-hybridized carbons (Fsp3) is 0.800. The molecule has 0 spiro atoms. The molecule has 86 valence electrons. The Morgan fingerprint density at radius 1 is 1.29 bits per heavy atom. The van der Waals surface area contributed by atoms with Crippen molar-refractivity contribution in [3.05, 3.63) is 0 Å². The molecule has 0 aliphatic rings. The van der Waals surface area contributed by atoms with Crippen molar-refractivity contribution in [1.29, 1.82) is 0 Å². The molecule has 0 aromatic heterocycles. The van der Waals surface area contributed by atoms with E-state index in [1.165, 1.54) is 14.0 Å². The molecular formula is C10H23NO3. The zero-order chi connectivity index (χ0) is 11.7. The minimum atomic E-state index is -0.566. The number of ketones is 1. The fourth-order valence-electron chi connectivity index (χ4n) is 0.924. The third kappa shape index (κ3) is 6.46. The molecule has 4 heteroatoms. The molecule has 0 unspecified atom stereocenters. The summed E-state index contributed by atoms with van der Waals surface area (Å²) in [6.45, 7) is 9.17. The Morgan fingerprint density at radius 2 is 1.71 bits per heavy atom. The predicted molar refractivity (Wildman–Crippen MR) is 58.3 cm³/mol. The molecule has 0 saturated carbocycles. The number of alkyl carbamates (subject to hydrolysis) is 1. The first-order chi connectivity index (χ1) is 6.49. The molecule has 14 heavy (non-hydrogen) atoms. The summed E-state index contributed by atoms with van der Waals surface area (Å²) < 4.78 is 4.38.